The topological polar surface area (TPSA) is 272 Å². The fourth-order valence-electron chi connectivity index (χ4n) is 4.78. The maximum atomic E-state index is 10.9. The van der Waals surface area contributed by atoms with Crippen molar-refractivity contribution in [3.8, 4) is 0 Å². The van der Waals surface area contributed by atoms with Crippen LogP contribution in [0.25, 0.3) is 0 Å². The Bertz CT molecular complexity index is 682. The summed E-state index contributed by atoms with van der Waals surface area (Å²) in [6.45, 7) is 1.40. The Morgan fingerprint density at radius 2 is 1.44 bits per heavy atom. The SMILES string of the molecule is C[C@H]1O[C@@H](O[C@@H]2[C@@H](O)[C@H](N)C[C@H](N)[C@H]2O[C@H]2O[C@H](CN)[C@@H](O)[C@H](O)[C@H]2N)[C@H](O)[C@H](OCCCO)[C@@H]1O. The standard InChI is InChI=1S/C21H42N4O11/c1-7-12(27)18(32-4-2-3-26)16(31)21(33-7)36-19-13(28)8(23)5-9(24)17(19)35-20-11(25)15(30)14(29)10(6-22)34-20/h7-21,26-31H,2-6,22-25H2,1H3/t7-,8-,9+,10-,11-,12-,13+,14-,15-,16-,17-,18-,19-,20-,21+/m1/s1. The van der Waals surface area contributed by atoms with Gasteiger partial charge in [-0.1, -0.05) is 0 Å². The third kappa shape index (κ3) is 6.33. The van der Waals surface area contributed by atoms with E-state index in [-0.39, 0.29) is 26.2 Å². The van der Waals surface area contributed by atoms with Crippen LogP contribution in [0, 0.1) is 0 Å². The van der Waals surface area contributed by atoms with Gasteiger partial charge in [-0.2, -0.15) is 0 Å². The average Bonchev–Trinajstić information content (AvgIpc) is 2.84. The van der Waals surface area contributed by atoms with Crippen molar-refractivity contribution >= 4 is 0 Å². The van der Waals surface area contributed by atoms with E-state index in [9.17, 15) is 25.5 Å². The Balaban J connectivity index is 1.78. The van der Waals surface area contributed by atoms with Gasteiger partial charge in [0.2, 0.25) is 0 Å². The molecule has 0 bridgehead atoms. The maximum absolute atomic E-state index is 10.9. The molecule has 15 nitrogen and oxygen atoms in total. The number of nitrogens with two attached hydrogens (primary N) is 4. The quantitative estimate of drug-likeness (QED) is 0.125. The Labute approximate surface area is 209 Å². The van der Waals surface area contributed by atoms with Crippen LogP contribution in [0.1, 0.15) is 19.8 Å². The van der Waals surface area contributed by atoms with Crippen molar-refractivity contribution in [1.82, 2.24) is 0 Å². The predicted octanol–water partition coefficient (Wildman–Crippen LogP) is -5.86. The van der Waals surface area contributed by atoms with Crippen LogP contribution < -0.4 is 22.9 Å². The molecule has 0 aromatic rings. The minimum Gasteiger partial charge on any atom is -0.396 e. The van der Waals surface area contributed by atoms with Gasteiger partial charge in [0.25, 0.3) is 0 Å². The van der Waals surface area contributed by atoms with Crippen molar-refractivity contribution in [3.05, 3.63) is 0 Å². The lowest BCUT2D eigenvalue weighted by Crippen LogP contribution is -2.69. The highest BCUT2D eigenvalue weighted by molar-refractivity contribution is 5.01. The van der Waals surface area contributed by atoms with Gasteiger partial charge < -0.3 is 77.3 Å². The van der Waals surface area contributed by atoms with Crippen molar-refractivity contribution in [2.45, 2.75) is 112 Å². The van der Waals surface area contributed by atoms with Gasteiger partial charge in [0, 0.05) is 31.8 Å². The normalized spacial score (nSPS) is 50.2. The lowest BCUT2D eigenvalue weighted by molar-refractivity contribution is -0.341. The number of hydrogen-bond donors (Lipinski definition) is 10. The summed E-state index contributed by atoms with van der Waals surface area (Å²) in [4.78, 5) is 0. The van der Waals surface area contributed by atoms with E-state index in [1.165, 1.54) is 0 Å². The molecule has 2 heterocycles. The molecule has 15 atom stereocenters. The van der Waals surface area contributed by atoms with Crippen molar-refractivity contribution < 1.29 is 54.3 Å². The summed E-state index contributed by atoms with van der Waals surface area (Å²) in [6.07, 6.45) is -14.0. The minimum absolute atomic E-state index is 0.0790. The lowest BCUT2D eigenvalue weighted by atomic mass is 9.84. The van der Waals surface area contributed by atoms with E-state index in [1.807, 2.05) is 0 Å². The second kappa shape index (κ2) is 13.0. The first kappa shape index (κ1) is 29.9. The molecule has 2 aliphatic heterocycles. The van der Waals surface area contributed by atoms with E-state index in [4.69, 9.17) is 51.7 Å². The first-order valence-electron chi connectivity index (χ1n) is 12.2. The van der Waals surface area contributed by atoms with E-state index in [0.29, 0.717) is 6.42 Å². The highest BCUT2D eigenvalue weighted by Crippen LogP contribution is 2.32. The summed E-state index contributed by atoms with van der Waals surface area (Å²) in [5.41, 5.74) is 24.0. The van der Waals surface area contributed by atoms with Crippen molar-refractivity contribution in [3.63, 3.8) is 0 Å². The average molecular weight is 527 g/mol. The van der Waals surface area contributed by atoms with Crippen molar-refractivity contribution in [2.24, 2.45) is 22.9 Å². The van der Waals surface area contributed by atoms with Crippen LogP contribution in [-0.2, 0) is 23.7 Å². The molecule has 15 heteroatoms. The van der Waals surface area contributed by atoms with Gasteiger partial charge >= 0.3 is 0 Å². The summed E-state index contributed by atoms with van der Waals surface area (Å²) in [6, 6.07) is -2.74. The second-order valence-corrected chi connectivity index (χ2v) is 9.70. The van der Waals surface area contributed by atoms with Gasteiger partial charge in [0.15, 0.2) is 12.6 Å². The van der Waals surface area contributed by atoms with E-state index >= 15 is 0 Å². The molecule has 0 amide bonds. The molecule has 0 spiro atoms. The molecule has 0 radical (unpaired) electrons. The Morgan fingerprint density at radius 1 is 0.778 bits per heavy atom. The molecule has 36 heavy (non-hydrogen) atoms. The zero-order valence-electron chi connectivity index (χ0n) is 20.2. The van der Waals surface area contributed by atoms with Gasteiger partial charge in [0.1, 0.15) is 48.8 Å². The summed E-state index contributed by atoms with van der Waals surface area (Å²) < 4.78 is 28.8. The third-order valence-electron chi connectivity index (χ3n) is 7.02. The molecule has 14 N–H and O–H groups in total. The summed E-state index contributed by atoms with van der Waals surface area (Å²) in [7, 11) is 0. The largest absolute Gasteiger partial charge is 0.396 e. The van der Waals surface area contributed by atoms with Crippen LogP contribution >= 0.6 is 0 Å². The lowest BCUT2D eigenvalue weighted by Gasteiger charge is -2.49. The number of aliphatic hydroxyl groups excluding tert-OH is 6. The number of rotatable bonds is 9. The molecule has 1 saturated carbocycles. The molecule has 3 rings (SSSR count). The molecule has 0 unspecified atom stereocenters. The van der Waals surface area contributed by atoms with Crippen LogP contribution in [0.2, 0.25) is 0 Å². The predicted molar refractivity (Wildman–Crippen MR) is 122 cm³/mol. The van der Waals surface area contributed by atoms with Gasteiger partial charge in [-0.15, -0.1) is 0 Å². The first-order chi connectivity index (χ1) is 17.0. The van der Waals surface area contributed by atoms with Crippen LogP contribution in [-0.4, -0.2) is 142 Å². The van der Waals surface area contributed by atoms with Crippen LogP contribution in [0.3, 0.4) is 0 Å². The maximum Gasteiger partial charge on any atom is 0.187 e. The molecule has 0 aromatic heterocycles. The Kier molecular flexibility index (Phi) is 10.8. The fraction of sp³-hybridized carbons (Fsp3) is 1.00. The zero-order chi connectivity index (χ0) is 26.7. The van der Waals surface area contributed by atoms with Crippen LogP contribution in [0.15, 0.2) is 0 Å². The highest BCUT2D eigenvalue weighted by Gasteiger charge is 2.52. The Morgan fingerprint density at radius 3 is 2.08 bits per heavy atom. The van der Waals surface area contributed by atoms with Crippen molar-refractivity contribution in [2.75, 3.05) is 19.8 Å². The van der Waals surface area contributed by atoms with E-state index in [0.717, 1.165) is 0 Å². The molecular weight excluding hydrogens is 484 g/mol. The molecule has 2 saturated heterocycles. The summed E-state index contributed by atoms with van der Waals surface area (Å²) in [5, 5.41) is 61.6. The Hall–Kier alpha value is -0.600. The van der Waals surface area contributed by atoms with Crippen LogP contribution in [0.5, 0.6) is 0 Å². The van der Waals surface area contributed by atoms with Gasteiger partial charge in [0.05, 0.1) is 18.2 Å². The van der Waals surface area contributed by atoms with Gasteiger partial charge in [-0.25, -0.2) is 0 Å². The molecule has 3 fully saturated rings. The van der Waals surface area contributed by atoms with E-state index in [2.05, 4.69) is 0 Å². The zero-order valence-corrected chi connectivity index (χ0v) is 20.2. The molecule has 1 aliphatic carbocycles. The van der Waals surface area contributed by atoms with Crippen LogP contribution in [0.4, 0.5) is 0 Å². The highest BCUT2D eigenvalue weighted by atomic mass is 16.7. The minimum atomic E-state index is -1.47. The summed E-state index contributed by atoms with van der Waals surface area (Å²) in [5.74, 6) is 0. The van der Waals surface area contributed by atoms with E-state index < -0.39 is 91.7 Å². The number of hydrogen-bond acceptors (Lipinski definition) is 15. The van der Waals surface area contributed by atoms with E-state index in [1.54, 1.807) is 6.92 Å². The number of ether oxygens (including phenoxy) is 5. The summed E-state index contributed by atoms with van der Waals surface area (Å²) >= 11 is 0. The molecule has 212 valence electrons. The van der Waals surface area contributed by atoms with Gasteiger partial charge in [-0.05, 0) is 19.8 Å². The second-order valence-electron chi connectivity index (χ2n) is 9.70. The fourth-order valence-corrected chi connectivity index (χ4v) is 4.78. The first-order valence-corrected chi connectivity index (χ1v) is 12.2. The smallest absolute Gasteiger partial charge is 0.187 e. The third-order valence-corrected chi connectivity index (χ3v) is 7.02. The monoisotopic (exact) mass is 526 g/mol. The molecule has 3 aliphatic rings. The van der Waals surface area contributed by atoms with Crippen molar-refractivity contribution in [1.29, 1.82) is 0 Å². The molecule has 0 aromatic carbocycles. The van der Waals surface area contributed by atoms with Gasteiger partial charge in [-0.3, -0.25) is 0 Å². The molecular formula is C21H42N4O11. The number of aliphatic hydroxyl groups is 6.